The summed E-state index contributed by atoms with van der Waals surface area (Å²) in [5.41, 5.74) is 0.598. The highest BCUT2D eigenvalue weighted by molar-refractivity contribution is 5.86. The highest BCUT2D eigenvalue weighted by Gasteiger charge is 2.34. The molecule has 2 N–H and O–H groups in total. The first-order chi connectivity index (χ1) is 8.59. The van der Waals surface area contributed by atoms with E-state index in [2.05, 4.69) is 5.32 Å². The monoisotopic (exact) mass is 247 g/mol. The zero-order valence-electron chi connectivity index (χ0n) is 10.3. The molecule has 1 aliphatic rings. The average Bonchev–Trinajstić information content (AvgIpc) is 3.19. The van der Waals surface area contributed by atoms with Crippen molar-refractivity contribution >= 4 is 11.9 Å². The van der Waals surface area contributed by atoms with Crippen LogP contribution in [0.3, 0.4) is 0 Å². The lowest BCUT2D eigenvalue weighted by atomic mass is 10.0. The summed E-state index contributed by atoms with van der Waals surface area (Å²) in [5.74, 6) is -0.878. The van der Waals surface area contributed by atoms with Crippen LogP contribution in [0.4, 0.5) is 0 Å². The van der Waals surface area contributed by atoms with Gasteiger partial charge in [0.05, 0.1) is 0 Å². The fourth-order valence-corrected chi connectivity index (χ4v) is 2.02. The molecule has 1 unspecified atom stereocenters. The molecule has 1 fully saturated rings. The number of carbonyl (C=O) groups is 2. The van der Waals surface area contributed by atoms with Gasteiger partial charge in [-0.15, -0.1) is 0 Å². The molecule has 0 aromatic heterocycles. The number of carboxylic acid groups (broad SMARTS) is 1. The zero-order chi connectivity index (χ0) is 13.1. The molecule has 18 heavy (non-hydrogen) atoms. The second kappa shape index (κ2) is 5.21. The molecule has 0 saturated heterocycles. The van der Waals surface area contributed by atoms with Crippen LogP contribution in [0.25, 0.3) is 0 Å². The minimum Gasteiger partial charge on any atom is -0.479 e. The van der Waals surface area contributed by atoms with E-state index in [4.69, 9.17) is 0 Å². The molecule has 1 aromatic carbocycles. The number of carbonyl (C=O) groups excluding carboxylic acids is 1. The van der Waals surface area contributed by atoms with Gasteiger partial charge in [-0.2, -0.15) is 0 Å². The smallest absolute Gasteiger partial charge is 0.330 e. The normalized spacial score (nSPS) is 17.8. The van der Waals surface area contributed by atoms with Crippen molar-refractivity contribution in [3.63, 3.8) is 0 Å². The predicted molar refractivity (Wildman–Crippen MR) is 66.8 cm³/mol. The Morgan fingerprint density at radius 3 is 2.39 bits per heavy atom. The van der Waals surface area contributed by atoms with Crippen molar-refractivity contribution < 1.29 is 14.7 Å². The van der Waals surface area contributed by atoms with E-state index in [1.165, 1.54) is 0 Å². The molecule has 2 rings (SSSR count). The molecule has 1 aliphatic carbocycles. The Hall–Kier alpha value is -1.84. The Labute approximate surface area is 106 Å². The van der Waals surface area contributed by atoms with E-state index in [9.17, 15) is 14.7 Å². The fourth-order valence-electron chi connectivity index (χ4n) is 2.02. The Kier molecular flexibility index (Phi) is 3.65. The summed E-state index contributed by atoms with van der Waals surface area (Å²) in [4.78, 5) is 23.2. The molecule has 2 atom stereocenters. The first kappa shape index (κ1) is 12.6. The average molecular weight is 247 g/mol. The fraction of sp³-hybridized carbons (Fsp3) is 0.429. The molecule has 0 aliphatic heterocycles. The van der Waals surface area contributed by atoms with Crippen LogP contribution in [0.2, 0.25) is 0 Å². The Morgan fingerprint density at radius 2 is 1.89 bits per heavy atom. The van der Waals surface area contributed by atoms with Gasteiger partial charge in [0.1, 0.15) is 0 Å². The number of amides is 1. The first-order valence-corrected chi connectivity index (χ1v) is 6.17. The maximum absolute atomic E-state index is 11.9. The quantitative estimate of drug-likeness (QED) is 0.836. The van der Waals surface area contributed by atoms with Gasteiger partial charge in [0, 0.05) is 5.92 Å². The third-order valence-corrected chi connectivity index (χ3v) is 3.41. The SMILES string of the molecule is CC(C(=O)N[C@H](C(=O)O)c1ccccc1)C1CC1. The third kappa shape index (κ3) is 2.88. The van der Waals surface area contributed by atoms with Crippen molar-refractivity contribution in [2.45, 2.75) is 25.8 Å². The molecule has 96 valence electrons. The second-order valence-corrected chi connectivity index (χ2v) is 4.82. The highest BCUT2D eigenvalue weighted by atomic mass is 16.4. The van der Waals surface area contributed by atoms with Gasteiger partial charge in [-0.3, -0.25) is 4.79 Å². The van der Waals surface area contributed by atoms with Crippen LogP contribution >= 0.6 is 0 Å². The summed E-state index contributed by atoms with van der Waals surface area (Å²) >= 11 is 0. The van der Waals surface area contributed by atoms with Crippen molar-refractivity contribution in [2.24, 2.45) is 11.8 Å². The Balaban J connectivity index is 2.07. The van der Waals surface area contributed by atoms with E-state index in [0.717, 1.165) is 12.8 Å². The van der Waals surface area contributed by atoms with Gasteiger partial charge >= 0.3 is 5.97 Å². The molecule has 4 nitrogen and oxygen atoms in total. The summed E-state index contributed by atoms with van der Waals surface area (Å²) in [6, 6.07) is 7.81. The first-order valence-electron chi connectivity index (χ1n) is 6.17. The van der Waals surface area contributed by atoms with Crippen molar-refractivity contribution in [1.82, 2.24) is 5.32 Å². The maximum atomic E-state index is 11.9. The van der Waals surface area contributed by atoms with Crippen LogP contribution in [-0.4, -0.2) is 17.0 Å². The third-order valence-electron chi connectivity index (χ3n) is 3.41. The lowest BCUT2D eigenvalue weighted by Gasteiger charge is -2.17. The van der Waals surface area contributed by atoms with E-state index >= 15 is 0 Å². The van der Waals surface area contributed by atoms with Crippen molar-refractivity contribution in [3.05, 3.63) is 35.9 Å². The summed E-state index contributed by atoms with van der Waals surface area (Å²) in [7, 11) is 0. The minimum atomic E-state index is -1.03. The molecule has 0 bridgehead atoms. The number of hydrogen-bond acceptors (Lipinski definition) is 2. The standard InChI is InChI=1S/C14H17NO3/c1-9(10-7-8-10)13(16)15-12(14(17)18)11-5-3-2-4-6-11/h2-6,9-10,12H,7-8H2,1H3,(H,15,16)(H,17,18)/t9?,12-/m0/s1. The Bertz CT molecular complexity index is 440. The van der Waals surface area contributed by atoms with Crippen molar-refractivity contribution in [3.8, 4) is 0 Å². The summed E-state index contributed by atoms with van der Waals surface area (Å²) in [6.07, 6.45) is 2.13. The molecule has 1 amide bonds. The molecule has 1 aromatic rings. The van der Waals surface area contributed by atoms with Gasteiger partial charge in [-0.1, -0.05) is 37.3 Å². The lowest BCUT2D eigenvalue weighted by Crippen LogP contribution is -2.37. The van der Waals surface area contributed by atoms with E-state index in [1.807, 2.05) is 13.0 Å². The Morgan fingerprint density at radius 1 is 1.28 bits per heavy atom. The molecule has 4 heteroatoms. The van der Waals surface area contributed by atoms with Gasteiger partial charge < -0.3 is 10.4 Å². The minimum absolute atomic E-state index is 0.101. The van der Waals surface area contributed by atoms with Gasteiger partial charge in [0.25, 0.3) is 0 Å². The van der Waals surface area contributed by atoms with Crippen molar-refractivity contribution in [1.29, 1.82) is 0 Å². The molecule has 0 spiro atoms. The van der Waals surface area contributed by atoms with Gasteiger partial charge in [-0.25, -0.2) is 4.79 Å². The van der Waals surface area contributed by atoms with Crippen LogP contribution in [-0.2, 0) is 9.59 Å². The second-order valence-electron chi connectivity index (χ2n) is 4.82. The zero-order valence-corrected chi connectivity index (χ0v) is 10.3. The number of nitrogens with one attached hydrogen (secondary N) is 1. The van der Waals surface area contributed by atoms with Crippen molar-refractivity contribution in [2.75, 3.05) is 0 Å². The molecular weight excluding hydrogens is 230 g/mol. The number of carboxylic acids is 1. The lowest BCUT2D eigenvalue weighted by molar-refractivity contribution is -0.142. The van der Waals surface area contributed by atoms with Gasteiger partial charge in [-0.05, 0) is 24.3 Å². The number of hydrogen-bond donors (Lipinski definition) is 2. The molecule has 0 radical (unpaired) electrons. The predicted octanol–water partition coefficient (Wildman–Crippen LogP) is 1.97. The van der Waals surface area contributed by atoms with E-state index < -0.39 is 12.0 Å². The summed E-state index contributed by atoms with van der Waals surface area (Å²) in [5, 5.41) is 11.8. The van der Waals surface area contributed by atoms with E-state index in [0.29, 0.717) is 11.5 Å². The summed E-state index contributed by atoms with van der Waals surface area (Å²) in [6.45, 7) is 1.86. The molecular formula is C14H17NO3. The number of benzene rings is 1. The van der Waals surface area contributed by atoms with Gasteiger partial charge in [0.2, 0.25) is 5.91 Å². The van der Waals surface area contributed by atoms with Crippen LogP contribution in [0.5, 0.6) is 0 Å². The number of rotatable bonds is 5. The largest absolute Gasteiger partial charge is 0.479 e. The van der Waals surface area contributed by atoms with Crippen LogP contribution in [0, 0.1) is 11.8 Å². The van der Waals surface area contributed by atoms with Gasteiger partial charge in [0.15, 0.2) is 6.04 Å². The summed E-state index contributed by atoms with van der Waals surface area (Å²) < 4.78 is 0. The van der Waals surface area contributed by atoms with Crippen LogP contribution < -0.4 is 5.32 Å². The topological polar surface area (TPSA) is 66.4 Å². The van der Waals surface area contributed by atoms with Crippen LogP contribution in [0.15, 0.2) is 30.3 Å². The van der Waals surface area contributed by atoms with E-state index in [1.54, 1.807) is 24.3 Å². The van der Waals surface area contributed by atoms with E-state index in [-0.39, 0.29) is 11.8 Å². The number of aliphatic carboxylic acids is 1. The van der Waals surface area contributed by atoms with Crippen LogP contribution in [0.1, 0.15) is 31.4 Å². The molecule has 1 saturated carbocycles. The highest BCUT2D eigenvalue weighted by Crippen LogP contribution is 2.36. The maximum Gasteiger partial charge on any atom is 0.330 e. The molecule has 0 heterocycles.